The number of ether oxygens (including phenoxy) is 1. The van der Waals surface area contributed by atoms with Crippen LogP contribution in [-0.4, -0.2) is 42.0 Å². The van der Waals surface area contributed by atoms with E-state index in [1.807, 2.05) is 39.0 Å². The molecule has 0 unspecified atom stereocenters. The highest BCUT2D eigenvalue weighted by atomic mass is 16.5. The second-order valence-electron chi connectivity index (χ2n) is 8.33. The molecule has 31 heavy (non-hydrogen) atoms. The lowest BCUT2D eigenvalue weighted by molar-refractivity contribution is 0.102. The van der Waals surface area contributed by atoms with Crippen LogP contribution >= 0.6 is 0 Å². The van der Waals surface area contributed by atoms with Crippen LogP contribution in [0, 0.1) is 12.8 Å². The van der Waals surface area contributed by atoms with Gasteiger partial charge >= 0.3 is 0 Å². The Morgan fingerprint density at radius 2 is 1.84 bits per heavy atom. The van der Waals surface area contributed by atoms with E-state index < -0.39 is 0 Å². The van der Waals surface area contributed by atoms with E-state index in [2.05, 4.69) is 21.4 Å². The smallest absolute Gasteiger partial charge is 0.276 e. The van der Waals surface area contributed by atoms with Gasteiger partial charge in [0.15, 0.2) is 5.69 Å². The third-order valence-corrected chi connectivity index (χ3v) is 5.46. The summed E-state index contributed by atoms with van der Waals surface area (Å²) in [5.41, 5.74) is 2.90. The minimum absolute atomic E-state index is 0.174. The van der Waals surface area contributed by atoms with E-state index in [-0.39, 0.29) is 23.1 Å². The zero-order valence-corrected chi connectivity index (χ0v) is 18.2. The molecule has 4 rings (SSSR count). The summed E-state index contributed by atoms with van der Waals surface area (Å²) < 4.78 is 6.82. The highest BCUT2D eigenvalue weighted by Gasteiger charge is 2.19. The van der Waals surface area contributed by atoms with Gasteiger partial charge in [0, 0.05) is 36.4 Å². The van der Waals surface area contributed by atoms with Gasteiger partial charge in [-0.2, -0.15) is 5.10 Å². The lowest BCUT2D eigenvalue weighted by atomic mass is 10.1. The van der Waals surface area contributed by atoms with Crippen molar-refractivity contribution in [3.8, 4) is 0 Å². The van der Waals surface area contributed by atoms with Crippen LogP contribution in [0.25, 0.3) is 10.8 Å². The lowest BCUT2D eigenvalue weighted by Gasteiger charge is -2.29. The van der Waals surface area contributed by atoms with Crippen molar-refractivity contribution in [3.63, 3.8) is 0 Å². The predicted molar refractivity (Wildman–Crippen MR) is 123 cm³/mol. The largest absolute Gasteiger partial charge is 0.378 e. The van der Waals surface area contributed by atoms with Crippen molar-refractivity contribution in [1.29, 1.82) is 0 Å². The molecule has 1 fully saturated rings. The molecule has 1 N–H and O–H groups in total. The molecular weight excluding hydrogens is 392 g/mol. The van der Waals surface area contributed by atoms with Crippen LogP contribution in [0.3, 0.4) is 0 Å². The fourth-order valence-electron chi connectivity index (χ4n) is 3.86. The van der Waals surface area contributed by atoms with Crippen LogP contribution in [0.2, 0.25) is 0 Å². The summed E-state index contributed by atoms with van der Waals surface area (Å²) in [6.07, 6.45) is 0. The summed E-state index contributed by atoms with van der Waals surface area (Å²) in [5.74, 6) is -0.0896. The van der Waals surface area contributed by atoms with E-state index in [9.17, 15) is 9.59 Å². The first-order valence-electron chi connectivity index (χ1n) is 10.7. The minimum Gasteiger partial charge on any atom is -0.378 e. The monoisotopic (exact) mass is 420 g/mol. The number of aromatic nitrogens is 2. The molecule has 1 amide bonds. The summed E-state index contributed by atoms with van der Waals surface area (Å²) in [6.45, 7) is 9.63. The number of carbonyl (C=O) groups excluding carboxylic acids is 1. The number of hydrogen-bond acceptors (Lipinski definition) is 5. The highest BCUT2D eigenvalue weighted by molar-refractivity contribution is 6.11. The molecule has 1 aliphatic heterocycles. The maximum atomic E-state index is 13.2. The number of nitrogens with one attached hydrogen (secondary N) is 1. The molecule has 7 heteroatoms. The molecule has 0 saturated carbocycles. The Kier molecular flexibility index (Phi) is 6.04. The van der Waals surface area contributed by atoms with Crippen LogP contribution in [0.15, 0.2) is 47.3 Å². The lowest BCUT2D eigenvalue weighted by Crippen LogP contribution is -2.36. The van der Waals surface area contributed by atoms with Crippen LogP contribution in [0.1, 0.15) is 29.9 Å². The van der Waals surface area contributed by atoms with Gasteiger partial charge in [-0.25, -0.2) is 4.68 Å². The van der Waals surface area contributed by atoms with Gasteiger partial charge < -0.3 is 15.0 Å². The number of rotatable bonds is 5. The first kappa shape index (κ1) is 21.1. The zero-order valence-electron chi connectivity index (χ0n) is 18.2. The first-order chi connectivity index (χ1) is 14.9. The molecule has 1 aliphatic rings. The van der Waals surface area contributed by atoms with Crippen molar-refractivity contribution in [1.82, 2.24) is 9.78 Å². The molecular formula is C24H28N4O3. The van der Waals surface area contributed by atoms with Crippen molar-refractivity contribution in [2.75, 3.05) is 36.5 Å². The van der Waals surface area contributed by atoms with E-state index in [4.69, 9.17) is 4.74 Å². The number of anilines is 2. The maximum absolute atomic E-state index is 13.2. The number of morpholine rings is 1. The van der Waals surface area contributed by atoms with Crippen LogP contribution in [0.4, 0.5) is 11.4 Å². The number of nitrogens with zero attached hydrogens (tertiary/aromatic N) is 3. The third-order valence-electron chi connectivity index (χ3n) is 5.46. The highest BCUT2D eigenvalue weighted by Crippen LogP contribution is 2.24. The molecule has 162 valence electrons. The van der Waals surface area contributed by atoms with Gasteiger partial charge in [0.2, 0.25) is 0 Å². The van der Waals surface area contributed by atoms with Gasteiger partial charge in [-0.05, 0) is 42.7 Å². The van der Waals surface area contributed by atoms with E-state index >= 15 is 0 Å². The Labute approximate surface area is 181 Å². The Bertz CT molecular complexity index is 1160. The third kappa shape index (κ3) is 4.46. The Hall–Kier alpha value is -3.19. The summed E-state index contributed by atoms with van der Waals surface area (Å²) in [5, 5.41) is 8.48. The second kappa shape index (κ2) is 8.89. The van der Waals surface area contributed by atoms with Gasteiger partial charge in [-0.1, -0.05) is 32.0 Å². The van der Waals surface area contributed by atoms with Crippen LogP contribution in [-0.2, 0) is 11.3 Å². The Balaban J connectivity index is 1.65. The number of aryl methyl sites for hydroxylation is 1. The van der Waals surface area contributed by atoms with Gasteiger partial charge in [-0.3, -0.25) is 9.59 Å². The number of fused-ring (bicyclic) bond motifs is 1. The van der Waals surface area contributed by atoms with E-state index in [1.165, 1.54) is 4.68 Å². The molecule has 0 bridgehead atoms. The summed E-state index contributed by atoms with van der Waals surface area (Å²) in [7, 11) is 0. The summed E-state index contributed by atoms with van der Waals surface area (Å²) in [6, 6.07) is 13.1. The molecule has 1 saturated heterocycles. The Morgan fingerprint density at radius 3 is 2.52 bits per heavy atom. The van der Waals surface area contributed by atoms with E-state index in [1.54, 1.807) is 18.2 Å². The number of amides is 1. The molecule has 0 aliphatic carbocycles. The Morgan fingerprint density at radius 1 is 1.13 bits per heavy atom. The molecule has 0 atom stereocenters. The molecule has 3 aromatic rings. The van der Waals surface area contributed by atoms with Gasteiger partial charge in [-0.15, -0.1) is 0 Å². The zero-order chi connectivity index (χ0) is 22.0. The quantitative estimate of drug-likeness (QED) is 0.684. The molecule has 2 heterocycles. The predicted octanol–water partition coefficient (Wildman–Crippen LogP) is 3.45. The fraction of sp³-hybridized carbons (Fsp3) is 0.375. The normalized spacial score (nSPS) is 14.3. The van der Waals surface area contributed by atoms with Crippen LogP contribution < -0.4 is 15.8 Å². The van der Waals surface area contributed by atoms with E-state index in [0.29, 0.717) is 17.3 Å². The number of hydrogen-bond donors (Lipinski definition) is 1. The summed E-state index contributed by atoms with van der Waals surface area (Å²) in [4.78, 5) is 28.3. The van der Waals surface area contributed by atoms with Crippen molar-refractivity contribution in [3.05, 3.63) is 64.1 Å². The van der Waals surface area contributed by atoms with Crippen molar-refractivity contribution < 1.29 is 9.53 Å². The number of benzene rings is 2. The minimum atomic E-state index is -0.323. The molecule has 7 nitrogen and oxygen atoms in total. The van der Waals surface area contributed by atoms with Crippen molar-refractivity contribution >= 4 is 28.1 Å². The van der Waals surface area contributed by atoms with Gasteiger partial charge in [0.1, 0.15) is 0 Å². The van der Waals surface area contributed by atoms with Gasteiger partial charge in [0.05, 0.1) is 18.6 Å². The molecule has 0 spiro atoms. The number of carbonyl (C=O) groups is 1. The van der Waals surface area contributed by atoms with E-state index in [0.717, 1.165) is 43.2 Å². The summed E-state index contributed by atoms with van der Waals surface area (Å²) >= 11 is 0. The fourth-order valence-corrected chi connectivity index (χ4v) is 3.86. The van der Waals surface area contributed by atoms with Crippen LogP contribution in [0.5, 0.6) is 0 Å². The SMILES string of the molecule is Cc1cc(N2CCOCC2)ccc1NC(=O)c1nn(CC(C)C)c(=O)c2ccccc12. The second-order valence-corrected chi connectivity index (χ2v) is 8.33. The molecule has 2 aromatic carbocycles. The first-order valence-corrected chi connectivity index (χ1v) is 10.7. The topological polar surface area (TPSA) is 76.5 Å². The van der Waals surface area contributed by atoms with Crippen molar-refractivity contribution in [2.45, 2.75) is 27.3 Å². The molecule has 1 aromatic heterocycles. The van der Waals surface area contributed by atoms with Crippen molar-refractivity contribution in [2.24, 2.45) is 5.92 Å². The standard InChI is InChI=1S/C24H28N4O3/c1-16(2)15-28-24(30)20-7-5-4-6-19(20)22(26-28)23(29)25-21-9-8-18(14-17(21)3)27-10-12-31-13-11-27/h4-9,14,16H,10-13,15H2,1-3H3,(H,25,29). The maximum Gasteiger partial charge on any atom is 0.276 e. The van der Waals surface area contributed by atoms with Gasteiger partial charge in [0.25, 0.3) is 11.5 Å². The average Bonchev–Trinajstić information content (AvgIpc) is 2.77. The average molecular weight is 421 g/mol. The molecule has 0 radical (unpaired) electrons.